The van der Waals surface area contributed by atoms with Crippen LogP contribution in [0.15, 0.2) is 30.3 Å². The Balaban J connectivity index is 2.21. The minimum atomic E-state index is -1.05. The minimum absolute atomic E-state index is 0.00192. The molecule has 0 bridgehead atoms. The largest absolute Gasteiger partial charge is 0.456 e. The number of unbranched alkanes of at least 4 members (excludes halogenated alkanes) is 3. The molecule has 8 nitrogen and oxygen atoms in total. The summed E-state index contributed by atoms with van der Waals surface area (Å²) in [5, 5.41) is 0. The predicted molar refractivity (Wildman–Crippen MR) is 142 cm³/mol. The van der Waals surface area contributed by atoms with Crippen LogP contribution in [0.2, 0.25) is 0 Å². The number of ether oxygens (including phenoxy) is 4. The molecule has 4 atom stereocenters. The van der Waals surface area contributed by atoms with Crippen molar-refractivity contribution in [2.24, 2.45) is 0 Å². The number of rotatable bonds is 17. The highest BCUT2D eigenvalue weighted by Gasteiger charge is 2.47. The zero-order valence-corrected chi connectivity index (χ0v) is 23.2. The van der Waals surface area contributed by atoms with Crippen LogP contribution in [0.3, 0.4) is 0 Å². The number of carbonyl (C=O) groups is 4. The third-order valence-corrected chi connectivity index (χ3v) is 6.52. The summed E-state index contributed by atoms with van der Waals surface area (Å²) in [4.78, 5) is 50.7. The Hall–Kier alpha value is -2.74. The van der Waals surface area contributed by atoms with Crippen LogP contribution in [0.25, 0.3) is 0 Å². The number of ketones is 1. The van der Waals surface area contributed by atoms with Gasteiger partial charge >= 0.3 is 17.9 Å². The number of esters is 3. The quantitative estimate of drug-likeness (QED) is 0.197. The molecular formula is C30H44O8. The molecule has 212 valence electrons. The topological polar surface area (TPSA) is 105 Å². The second-order valence-corrected chi connectivity index (χ2v) is 9.85. The van der Waals surface area contributed by atoms with Crippen molar-refractivity contribution >= 4 is 23.7 Å². The number of hydrogen-bond donors (Lipinski definition) is 0. The van der Waals surface area contributed by atoms with Crippen LogP contribution in [-0.2, 0) is 44.5 Å². The van der Waals surface area contributed by atoms with Crippen molar-refractivity contribution in [2.75, 3.05) is 6.61 Å². The van der Waals surface area contributed by atoms with E-state index in [2.05, 4.69) is 0 Å². The molecule has 8 heteroatoms. The lowest BCUT2D eigenvalue weighted by Gasteiger charge is -2.41. The van der Waals surface area contributed by atoms with Crippen molar-refractivity contribution in [2.45, 2.75) is 122 Å². The molecule has 38 heavy (non-hydrogen) atoms. The molecule has 0 amide bonds. The Kier molecular flexibility index (Phi) is 14.7. The first kappa shape index (κ1) is 31.5. The maximum atomic E-state index is 12.9. The summed E-state index contributed by atoms with van der Waals surface area (Å²) < 4.78 is 23.2. The van der Waals surface area contributed by atoms with Gasteiger partial charge in [-0.15, -0.1) is 0 Å². The van der Waals surface area contributed by atoms with E-state index in [1.165, 1.54) is 0 Å². The lowest BCUT2D eigenvalue weighted by Crippen LogP contribution is -2.58. The Labute approximate surface area is 226 Å². The Bertz CT molecular complexity index is 868. The van der Waals surface area contributed by atoms with Crippen LogP contribution >= 0.6 is 0 Å². The number of Topliss-reactive ketones (excluding diaryl/α,β-unsaturated/α-hetero) is 1. The zero-order valence-electron chi connectivity index (χ0n) is 23.2. The molecule has 2 rings (SSSR count). The van der Waals surface area contributed by atoms with Gasteiger partial charge in [0.05, 0.1) is 6.61 Å². The van der Waals surface area contributed by atoms with E-state index >= 15 is 0 Å². The van der Waals surface area contributed by atoms with E-state index in [0.29, 0.717) is 32.1 Å². The standard InChI is InChI=1S/C30H44O8/c1-4-7-15-26(32)36-25-21-35-24(20-23(31)19-18-22-13-11-10-12-14-22)29(37-27(33)16-8-5-2)30(25)38-28(34)17-9-6-3/h10-14,24-25,29-30H,4-9,15-21H2,1-3H3/t24-,25-,29+,30+/m1/s1. The Morgan fingerprint density at radius 3 is 1.82 bits per heavy atom. The molecule has 1 aliphatic rings. The van der Waals surface area contributed by atoms with Crippen LogP contribution in [0.1, 0.15) is 97.0 Å². The molecule has 1 fully saturated rings. The first-order valence-electron chi connectivity index (χ1n) is 14.1. The predicted octanol–water partition coefficient (Wildman–Crippen LogP) is 5.28. The maximum absolute atomic E-state index is 12.9. The van der Waals surface area contributed by atoms with E-state index < -0.39 is 42.3 Å². The highest BCUT2D eigenvalue weighted by atomic mass is 16.6. The Morgan fingerprint density at radius 1 is 0.737 bits per heavy atom. The van der Waals surface area contributed by atoms with Gasteiger partial charge < -0.3 is 18.9 Å². The van der Waals surface area contributed by atoms with Gasteiger partial charge in [0, 0.05) is 32.1 Å². The molecule has 0 N–H and O–H groups in total. The van der Waals surface area contributed by atoms with Crippen molar-refractivity contribution in [1.82, 2.24) is 0 Å². The molecular weight excluding hydrogens is 488 g/mol. The van der Waals surface area contributed by atoms with Crippen LogP contribution < -0.4 is 0 Å². The van der Waals surface area contributed by atoms with Gasteiger partial charge in [-0.3, -0.25) is 19.2 Å². The first-order valence-corrected chi connectivity index (χ1v) is 14.1. The number of benzene rings is 1. The minimum Gasteiger partial charge on any atom is -0.456 e. The van der Waals surface area contributed by atoms with Gasteiger partial charge in [0.15, 0.2) is 18.3 Å². The van der Waals surface area contributed by atoms with Gasteiger partial charge in [0.25, 0.3) is 0 Å². The normalized spacial score (nSPS) is 20.9. The molecule has 1 aliphatic heterocycles. The highest BCUT2D eigenvalue weighted by molar-refractivity contribution is 5.79. The maximum Gasteiger partial charge on any atom is 0.306 e. The second kappa shape index (κ2) is 17.7. The molecule has 0 unspecified atom stereocenters. The van der Waals surface area contributed by atoms with Gasteiger partial charge in [-0.1, -0.05) is 70.4 Å². The van der Waals surface area contributed by atoms with Gasteiger partial charge in [-0.05, 0) is 31.2 Å². The van der Waals surface area contributed by atoms with E-state index in [1.54, 1.807) is 0 Å². The van der Waals surface area contributed by atoms with Crippen LogP contribution in [0.5, 0.6) is 0 Å². The SMILES string of the molecule is CCCCC(=O)O[C@@H]1[C@@H](OC(=O)CCCC)[C@H](OC(=O)CCCC)CO[C@@H]1CC(=O)CCc1ccccc1. The third-order valence-electron chi connectivity index (χ3n) is 6.52. The van der Waals surface area contributed by atoms with Crippen molar-refractivity contribution < 1.29 is 38.1 Å². The zero-order chi connectivity index (χ0) is 27.8. The average Bonchev–Trinajstić information content (AvgIpc) is 2.91. The fourth-order valence-electron chi connectivity index (χ4n) is 4.26. The monoisotopic (exact) mass is 532 g/mol. The molecule has 1 saturated heterocycles. The summed E-state index contributed by atoms with van der Waals surface area (Å²) in [7, 11) is 0. The van der Waals surface area contributed by atoms with Gasteiger partial charge in [-0.25, -0.2) is 0 Å². The van der Waals surface area contributed by atoms with Crippen molar-refractivity contribution in [1.29, 1.82) is 0 Å². The van der Waals surface area contributed by atoms with Crippen LogP contribution in [0.4, 0.5) is 0 Å². The van der Waals surface area contributed by atoms with E-state index in [0.717, 1.165) is 24.8 Å². The second-order valence-electron chi connectivity index (χ2n) is 9.85. The summed E-state index contributed by atoms with van der Waals surface area (Å²) >= 11 is 0. The van der Waals surface area contributed by atoms with E-state index in [9.17, 15) is 19.2 Å². The fourth-order valence-corrected chi connectivity index (χ4v) is 4.26. The summed E-state index contributed by atoms with van der Waals surface area (Å²) in [5.74, 6) is -1.40. The summed E-state index contributed by atoms with van der Waals surface area (Å²) in [6.45, 7) is 5.86. The van der Waals surface area contributed by atoms with E-state index in [-0.39, 0.29) is 38.1 Å². The number of aryl methyl sites for hydroxylation is 1. The molecule has 0 saturated carbocycles. The van der Waals surface area contributed by atoms with Crippen molar-refractivity contribution in [3.8, 4) is 0 Å². The Morgan fingerprint density at radius 2 is 1.26 bits per heavy atom. The van der Waals surface area contributed by atoms with E-state index in [4.69, 9.17) is 18.9 Å². The first-order chi connectivity index (χ1) is 18.4. The van der Waals surface area contributed by atoms with Crippen molar-refractivity contribution in [3.05, 3.63) is 35.9 Å². The van der Waals surface area contributed by atoms with Crippen LogP contribution in [-0.4, -0.2) is 54.7 Å². The summed E-state index contributed by atoms with van der Waals surface area (Å²) in [6, 6.07) is 9.70. The van der Waals surface area contributed by atoms with Crippen LogP contribution in [0, 0.1) is 0 Å². The third kappa shape index (κ3) is 11.3. The fraction of sp³-hybridized carbons (Fsp3) is 0.667. The van der Waals surface area contributed by atoms with Gasteiger partial charge in [0.2, 0.25) is 0 Å². The molecule has 1 aromatic rings. The van der Waals surface area contributed by atoms with Crippen molar-refractivity contribution in [3.63, 3.8) is 0 Å². The lowest BCUT2D eigenvalue weighted by atomic mass is 9.94. The molecule has 0 radical (unpaired) electrons. The highest BCUT2D eigenvalue weighted by Crippen LogP contribution is 2.28. The van der Waals surface area contributed by atoms with E-state index in [1.807, 2.05) is 51.1 Å². The molecule has 0 spiro atoms. The molecule has 1 heterocycles. The average molecular weight is 533 g/mol. The number of carbonyl (C=O) groups excluding carboxylic acids is 4. The lowest BCUT2D eigenvalue weighted by molar-refractivity contribution is -0.228. The number of hydrogen-bond acceptors (Lipinski definition) is 8. The molecule has 0 aliphatic carbocycles. The van der Waals surface area contributed by atoms with Gasteiger partial charge in [-0.2, -0.15) is 0 Å². The molecule has 0 aromatic heterocycles. The summed E-state index contributed by atoms with van der Waals surface area (Å²) in [5.41, 5.74) is 1.05. The summed E-state index contributed by atoms with van der Waals surface area (Å²) in [6.07, 6.45) is 2.08. The molecule has 1 aromatic carbocycles. The van der Waals surface area contributed by atoms with Gasteiger partial charge in [0.1, 0.15) is 11.9 Å². The smallest absolute Gasteiger partial charge is 0.306 e.